The van der Waals surface area contributed by atoms with Gasteiger partial charge in [-0.3, -0.25) is 38.1 Å². The molecule has 8 heterocycles. The number of benzene rings is 2. The highest BCUT2D eigenvalue weighted by molar-refractivity contribution is 9.10. The molecule has 0 aliphatic carbocycles. The predicted molar refractivity (Wildman–Crippen MR) is 309 cm³/mol. The number of hydrogen-bond donors (Lipinski definition) is 4. The van der Waals surface area contributed by atoms with Crippen LogP contribution in [0.4, 0.5) is 11.6 Å². The van der Waals surface area contributed by atoms with Crippen LogP contribution in [0, 0.1) is 13.8 Å². The quantitative estimate of drug-likeness (QED) is 0.0697. The van der Waals surface area contributed by atoms with Crippen molar-refractivity contribution in [3.05, 3.63) is 130 Å². The first-order valence-corrected chi connectivity index (χ1v) is 25.8. The summed E-state index contributed by atoms with van der Waals surface area (Å²) in [5.41, 5.74) is 5.13. The molecule has 0 radical (unpaired) electrons. The third-order valence-corrected chi connectivity index (χ3v) is 12.6. The summed E-state index contributed by atoms with van der Waals surface area (Å²) < 4.78 is 4.17. The molecule has 2 saturated heterocycles. The molecule has 4 N–H and O–H groups in total. The molecule has 2 aliphatic rings. The molecular weight excluding hydrogens is 1200 g/mol. The molecule has 8 aromatic rings. The molecule has 0 bridgehead atoms. The first-order valence-electron chi connectivity index (χ1n) is 22.9. The second-order valence-electron chi connectivity index (χ2n) is 16.9. The number of anilines is 2. The SMILES string of the molecule is CC(=O)c1nn(CC(=O)N2CC[C@H]2C(=O)Nc2cccc(Br)n2)c2ccc(-c3cnc(C)nc3)cc12.CC(=O)c1nn(CC(=O)O)c2ccc(-c3cnc(C)nc3)cc12.Cl.O=C(Nc1cccc(Br)n1)[C@@H]1CCN1.S.S=S. The van der Waals surface area contributed by atoms with Gasteiger partial charge >= 0.3 is 5.97 Å². The lowest BCUT2D eigenvalue weighted by atomic mass is 10.0. The Morgan fingerprint density at radius 1 is 0.662 bits per heavy atom. The third kappa shape index (κ3) is 15.4. The number of fused-ring (bicyclic) bond motifs is 2. The van der Waals surface area contributed by atoms with Crippen molar-refractivity contribution in [2.45, 2.75) is 65.7 Å². The number of ketones is 2. The summed E-state index contributed by atoms with van der Waals surface area (Å²) in [6.45, 7) is 7.48. The van der Waals surface area contributed by atoms with Crippen molar-refractivity contribution in [2.75, 3.05) is 23.7 Å². The molecule has 2 fully saturated rings. The molecule has 2 aromatic carbocycles. The van der Waals surface area contributed by atoms with Crippen LogP contribution in [-0.2, 0) is 54.6 Å². The minimum Gasteiger partial charge on any atom is -0.480 e. The minimum absolute atomic E-state index is 0. The molecule has 0 saturated carbocycles. The second-order valence-corrected chi connectivity index (χ2v) is 18.5. The first-order chi connectivity index (χ1) is 36.0. The summed E-state index contributed by atoms with van der Waals surface area (Å²) in [7, 11) is 0. The first kappa shape index (κ1) is 60.9. The molecule has 2 aliphatic heterocycles. The maximum Gasteiger partial charge on any atom is 0.325 e. The normalized spacial score (nSPS) is 13.9. The van der Waals surface area contributed by atoms with Crippen molar-refractivity contribution in [2.24, 2.45) is 0 Å². The monoisotopic (exact) mass is 1250 g/mol. The predicted octanol–water partition coefficient (Wildman–Crippen LogP) is 7.16. The lowest BCUT2D eigenvalue weighted by molar-refractivity contribution is -0.145. The van der Waals surface area contributed by atoms with E-state index in [1.54, 1.807) is 62.0 Å². The van der Waals surface area contributed by atoms with Crippen LogP contribution < -0.4 is 16.0 Å². The summed E-state index contributed by atoms with van der Waals surface area (Å²) in [6.07, 6.45) is 8.33. The maximum atomic E-state index is 13.1. The van der Waals surface area contributed by atoms with E-state index in [9.17, 15) is 28.8 Å². The molecule has 27 heteroatoms. The zero-order chi connectivity index (χ0) is 53.9. The zero-order valence-electron chi connectivity index (χ0n) is 41.4. The second kappa shape index (κ2) is 27.9. The van der Waals surface area contributed by atoms with E-state index in [1.165, 1.54) is 28.1 Å². The number of carbonyl (C=O) groups is 6. The van der Waals surface area contributed by atoms with Gasteiger partial charge in [-0.25, -0.2) is 29.9 Å². The molecule has 400 valence electrons. The number of pyridine rings is 2. The Balaban J connectivity index is 0.000000228. The van der Waals surface area contributed by atoms with E-state index < -0.39 is 12.0 Å². The van der Waals surface area contributed by atoms with Gasteiger partial charge in [-0.2, -0.15) is 23.7 Å². The van der Waals surface area contributed by atoms with Crippen LogP contribution in [0.5, 0.6) is 0 Å². The van der Waals surface area contributed by atoms with Crippen LogP contribution in [0.3, 0.4) is 0 Å². The van der Waals surface area contributed by atoms with Gasteiger partial charge in [0.15, 0.2) is 11.6 Å². The van der Waals surface area contributed by atoms with E-state index >= 15 is 0 Å². The van der Waals surface area contributed by atoms with Crippen LogP contribution in [-0.4, -0.2) is 120 Å². The molecule has 6 aromatic heterocycles. The Hall–Kier alpha value is -6.94. The van der Waals surface area contributed by atoms with Gasteiger partial charge < -0.3 is 26.0 Å². The number of hydrogen-bond acceptors (Lipinski definition) is 17. The summed E-state index contributed by atoms with van der Waals surface area (Å²) in [5, 5.41) is 27.3. The fraction of sp³-hybridized carbons (Fsp3) is 0.240. The number of Topliss-reactive ketones (excluding diaryl/α,β-unsaturated/α-hetero) is 2. The Morgan fingerprint density at radius 3 is 1.48 bits per heavy atom. The zero-order valence-corrected chi connectivity index (χ0v) is 48.1. The number of aliphatic carboxylic acids is 1. The fourth-order valence-electron chi connectivity index (χ4n) is 7.76. The van der Waals surface area contributed by atoms with Gasteiger partial charge in [0, 0.05) is 89.5 Å². The average Bonchev–Trinajstić information content (AvgIpc) is 3.89. The highest BCUT2D eigenvalue weighted by atomic mass is 79.9. The maximum absolute atomic E-state index is 13.1. The van der Waals surface area contributed by atoms with Crippen LogP contribution in [0.1, 0.15) is 59.3 Å². The summed E-state index contributed by atoms with van der Waals surface area (Å²) in [4.78, 5) is 99.0. The highest BCUT2D eigenvalue weighted by Crippen LogP contribution is 2.29. The Kier molecular flexibility index (Phi) is 22.1. The van der Waals surface area contributed by atoms with E-state index in [0.717, 1.165) is 39.8 Å². The lowest BCUT2D eigenvalue weighted by Crippen LogP contribution is -2.57. The number of nitrogens with one attached hydrogen (secondary N) is 3. The molecule has 0 spiro atoms. The number of aryl methyl sites for hydroxylation is 2. The molecule has 2 atom stereocenters. The summed E-state index contributed by atoms with van der Waals surface area (Å²) >= 11 is 13.9. The highest BCUT2D eigenvalue weighted by Gasteiger charge is 2.38. The molecular formula is C50H49Br2ClN14O7S3. The standard InChI is InChI=1S/C25H22BrN7O3.C16H14N4O3.C9H10BrN3O.ClH.S2.H2S/c1-14(34)24-18-10-16(17-11-27-15(2)28-12-17)6-7-19(18)33(31-24)13-23(35)32-9-8-20(32)25(36)30-22-5-3-4-21(26)29-22;1-9(21)16-13-5-11(12-6-17-10(2)18-7-12)3-4-14(13)20(19-16)8-15(22)23;10-7-2-1-3-8(12-7)13-9(14)6-4-5-11-6;;1-2;/h3-7,10-12,20H,8-9,13H2,1-2H3,(H,29,30,36);3-7H,8H2,1-2H3,(H,22,23);1-3,6,11H,4-5H2,(H,12,13,14);1H;;1H2/t20-;;6-;;;/m0.0.../s1. The van der Waals surface area contributed by atoms with E-state index in [1.807, 2.05) is 49.4 Å². The largest absolute Gasteiger partial charge is 0.480 e. The van der Waals surface area contributed by atoms with Crippen LogP contribution >= 0.6 is 57.8 Å². The van der Waals surface area contributed by atoms with E-state index in [4.69, 9.17) is 5.11 Å². The van der Waals surface area contributed by atoms with Gasteiger partial charge in [-0.05, 0) is 125 Å². The molecule has 77 heavy (non-hydrogen) atoms. The lowest BCUT2D eigenvalue weighted by Gasteiger charge is -2.39. The van der Waals surface area contributed by atoms with Crippen molar-refractivity contribution >= 4 is 149 Å². The van der Waals surface area contributed by atoms with E-state index in [2.05, 4.69) is 110 Å². The van der Waals surface area contributed by atoms with Crippen LogP contribution in [0.25, 0.3) is 44.1 Å². The Labute approximate surface area is 480 Å². The average molecular weight is 1250 g/mol. The topological polar surface area (TPSA) is 275 Å². The van der Waals surface area contributed by atoms with Crippen LogP contribution in [0.15, 0.2) is 107 Å². The van der Waals surface area contributed by atoms with Gasteiger partial charge in [0.05, 0.1) is 17.1 Å². The molecule has 0 unspecified atom stereocenters. The number of carboxylic acid groups (broad SMARTS) is 1. The third-order valence-electron chi connectivity index (χ3n) is 11.7. The summed E-state index contributed by atoms with van der Waals surface area (Å²) in [5.74, 6) is 0.352. The molecule has 21 nitrogen and oxygen atoms in total. The number of likely N-dealkylation sites (tertiary alicyclic amines) is 1. The van der Waals surface area contributed by atoms with Gasteiger partial charge in [0.25, 0.3) is 0 Å². The van der Waals surface area contributed by atoms with Gasteiger partial charge in [-0.15, -0.1) is 12.4 Å². The van der Waals surface area contributed by atoms with Crippen molar-refractivity contribution < 1.29 is 33.9 Å². The summed E-state index contributed by atoms with van der Waals surface area (Å²) in [6, 6.07) is 21.0. The van der Waals surface area contributed by atoms with Crippen molar-refractivity contribution in [1.82, 2.24) is 59.7 Å². The molecule has 10 rings (SSSR count). The van der Waals surface area contributed by atoms with Crippen LogP contribution in [0.2, 0.25) is 0 Å². The number of rotatable bonds is 12. The van der Waals surface area contributed by atoms with Gasteiger partial charge in [0.2, 0.25) is 17.7 Å². The van der Waals surface area contributed by atoms with Gasteiger partial charge in [0.1, 0.15) is 63.0 Å². The fourth-order valence-corrected chi connectivity index (χ4v) is 8.45. The van der Waals surface area contributed by atoms with E-state index in [-0.39, 0.29) is 85.7 Å². The smallest absolute Gasteiger partial charge is 0.325 e. The Bertz CT molecular complexity index is 3460. The van der Waals surface area contributed by atoms with Gasteiger partial charge in [-0.1, -0.05) is 24.3 Å². The Morgan fingerprint density at radius 2 is 1.10 bits per heavy atom. The van der Waals surface area contributed by atoms with Crippen molar-refractivity contribution in [3.63, 3.8) is 0 Å². The number of nitrogens with zero attached hydrogens (tertiary/aromatic N) is 11. The van der Waals surface area contributed by atoms with Crippen molar-refractivity contribution in [1.29, 1.82) is 0 Å². The number of carbonyl (C=O) groups excluding carboxylic acids is 5. The number of halogens is 3. The number of carboxylic acids is 1. The van der Waals surface area contributed by atoms with E-state index in [0.29, 0.717) is 62.7 Å². The minimum atomic E-state index is -1.01. The van der Waals surface area contributed by atoms with Crippen molar-refractivity contribution in [3.8, 4) is 22.3 Å². The molecule has 3 amide bonds. The number of amides is 3. The number of aromatic nitrogens is 10.